The number of ether oxygens (including phenoxy) is 1. The maximum absolute atomic E-state index is 13.2. The van der Waals surface area contributed by atoms with Gasteiger partial charge >= 0.3 is 6.18 Å². The van der Waals surface area contributed by atoms with Crippen molar-refractivity contribution in [3.63, 3.8) is 0 Å². The maximum Gasteiger partial charge on any atom is 0.418 e. The van der Waals surface area contributed by atoms with E-state index in [0.717, 1.165) is 6.07 Å². The second-order valence-electron chi connectivity index (χ2n) is 6.45. The summed E-state index contributed by atoms with van der Waals surface area (Å²) in [5, 5.41) is 3.27. The number of pyridine rings is 1. The molecule has 8 heteroatoms. The first-order chi connectivity index (χ1) is 11.9. The number of benzene rings is 1. The number of morpholine rings is 1. The van der Waals surface area contributed by atoms with Gasteiger partial charge in [-0.2, -0.15) is 13.2 Å². The first-order valence-corrected chi connectivity index (χ1v) is 7.99. The van der Waals surface area contributed by atoms with Crippen LogP contribution in [0.25, 0.3) is 10.9 Å². The Kier molecular flexibility index (Phi) is 3.61. The fraction of sp³-hybridized carbons (Fsp3) is 0.412. The highest BCUT2D eigenvalue weighted by Gasteiger charge is 2.43. The summed E-state index contributed by atoms with van der Waals surface area (Å²) in [6.07, 6.45) is -2.34. The van der Waals surface area contributed by atoms with Gasteiger partial charge in [-0.1, -0.05) is 12.1 Å². The Morgan fingerprint density at radius 2 is 2.12 bits per heavy atom. The Labute approximate surface area is 141 Å². The standard InChI is InChI=1S/C17H16F3N3O2/c18-17(19,20)12-3-1-2-11-13(4-6-21-15(11)12)23-7-5-16(10-23)9-22-14(24)8-25-16/h1-4,6H,5,7-10H2,(H,22,24). The molecule has 3 heterocycles. The van der Waals surface area contributed by atoms with Crippen LogP contribution >= 0.6 is 0 Å². The van der Waals surface area contributed by atoms with Crippen LogP contribution in [-0.2, 0) is 15.7 Å². The van der Waals surface area contributed by atoms with Crippen LogP contribution in [0.1, 0.15) is 12.0 Å². The first kappa shape index (κ1) is 16.1. The van der Waals surface area contributed by atoms with Gasteiger partial charge in [-0.15, -0.1) is 0 Å². The quantitative estimate of drug-likeness (QED) is 0.857. The Bertz CT molecular complexity index is 827. The lowest BCUT2D eigenvalue weighted by Crippen LogP contribution is -2.53. The zero-order chi connectivity index (χ0) is 17.7. The number of para-hydroxylation sites is 1. The van der Waals surface area contributed by atoms with Gasteiger partial charge in [0, 0.05) is 36.9 Å². The normalized spacial score (nSPS) is 24.1. The Balaban J connectivity index is 1.70. The molecule has 2 fully saturated rings. The van der Waals surface area contributed by atoms with Crippen molar-refractivity contribution in [2.45, 2.75) is 18.2 Å². The average molecular weight is 351 g/mol. The Morgan fingerprint density at radius 1 is 1.28 bits per heavy atom. The number of anilines is 1. The lowest BCUT2D eigenvalue weighted by molar-refractivity contribution is -0.141. The van der Waals surface area contributed by atoms with Crippen molar-refractivity contribution < 1.29 is 22.7 Å². The third-order valence-electron chi connectivity index (χ3n) is 4.83. The second kappa shape index (κ2) is 5.59. The molecule has 1 N–H and O–H groups in total. The molecule has 25 heavy (non-hydrogen) atoms. The zero-order valence-electron chi connectivity index (χ0n) is 13.3. The van der Waals surface area contributed by atoms with Crippen molar-refractivity contribution in [2.24, 2.45) is 0 Å². The van der Waals surface area contributed by atoms with Gasteiger partial charge in [0.15, 0.2) is 0 Å². The van der Waals surface area contributed by atoms with E-state index in [1.54, 1.807) is 12.1 Å². The molecule has 0 bridgehead atoms. The summed E-state index contributed by atoms with van der Waals surface area (Å²) in [6.45, 7) is 1.59. The molecular weight excluding hydrogens is 335 g/mol. The number of alkyl halides is 3. The number of rotatable bonds is 1. The summed E-state index contributed by atoms with van der Waals surface area (Å²) in [4.78, 5) is 17.3. The highest BCUT2D eigenvalue weighted by molar-refractivity contribution is 5.94. The monoisotopic (exact) mass is 351 g/mol. The molecule has 2 aromatic rings. The van der Waals surface area contributed by atoms with Gasteiger partial charge in [0.25, 0.3) is 0 Å². The van der Waals surface area contributed by atoms with Gasteiger partial charge < -0.3 is 15.0 Å². The molecule has 1 amide bonds. The number of amides is 1. The number of nitrogens with zero attached hydrogens (tertiary/aromatic N) is 2. The Hall–Kier alpha value is -2.35. The molecule has 1 aromatic carbocycles. The van der Waals surface area contributed by atoms with E-state index in [1.807, 2.05) is 4.90 Å². The summed E-state index contributed by atoms with van der Waals surface area (Å²) < 4.78 is 45.4. The highest BCUT2D eigenvalue weighted by atomic mass is 19.4. The van der Waals surface area contributed by atoms with E-state index < -0.39 is 17.3 Å². The van der Waals surface area contributed by atoms with Crippen LogP contribution in [0.2, 0.25) is 0 Å². The minimum absolute atomic E-state index is 0.0170. The van der Waals surface area contributed by atoms with Crippen LogP contribution in [0.4, 0.5) is 18.9 Å². The third kappa shape index (κ3) is 2.80. The summed E-state index contributed by atoms with van der Waals surface area (Å²) in [6, 6.07) is 5.83. The molecule has 2 saturated heterocycles. The van der Waals surface area contributed by atoms with Crippen LogP contribution in [-0.4, -0.2) is 42.7 Å². The number of carbonyl (C=O) groups is 1. The van der Waals surface area contributed by atoms with Crippen LogP contribution in [0, 0.1) is 0 Å². The smallest absolute Gasteiger partial charge is 0.368 e. The molecule has 2 aliphatic heterocycles. The average Bonchev–Trinajstić information content (AvgIpc) is 3.00. The minimum atomic E-state index is -4.45. The minimum Gasteiger partial charge on any atom is -0.368 e. The Morgan fingerprint density at radius 3 is 2.84 bits per heavy atom. The van der Waals surface area contributed by atoms with Gasteiger partial charge in [-0.3, -0.25) is 9.78 Å². The van der Waals surface area contributed by atoms with Crippen LogP contribution in [0.3, 0.4) is 0 Å². The molecule has 1 unspecified atom stereocenters. The predicted octanol–water partition coefficient (Wildman–Crippen LogP) is 2.35. The number of aromatic nitrogens is 1. The second-order valence-corrected chi connectivity index (χ2v) is 6.45. The van der Waals surface area contributed by atoms with Crippen molar-refractivity contribution in [3.05, 3.63) is 36.0 Å². The van der Waals surface area contributed by atoms with Gasteiger partial charge in [-0.05, 0) is 18.6 Å². The highest BCUT2D eigenvalue weighted by Crippen LogP contribution is 2.38. The van der Waals surface area contributed by atoms with Crippen molar-refractivity contribution >= 4 is 22.5 Å². The third-order valence-corrected chi connectivity index (χ3v) is 4.83. The molecule has 2 aliphatic rings. The number of halogens is 3. The summed E-state index contributed by atoms with van der Waals surface area (Å²) in [5.74, 6) is -0.145. The summed E-state index contributed by atoms with van der Waals surface area (Å²) in [5.41, 5.74) is -0.563. The van der Waals surface area contributed by atoms with E-state index in [1.165, 1.54) is 12.3 Å². The molecule has 132 valence electrons. The van der Waals surface area contributed by atoms with E-state index in [4.69, 9.17) is 4.74 Å². The maximum atomic E-state index is 13.2. The number of carbonyl (C=O) groups excluding carboxylic acids is 1. The fourth-order valence-corrected chi connectivity index (χ4v) is 3.56. The van der Waals surface area contributed by atoms with E-state index in [9.17, 15) is 18.0 Å². The molecule has 4 rings (SSSR count). The van der Waals surface area contributed by atoms with E-state index in [2.05, 4.69) is 10.3 Å². The molecule has 0 radical (unpaired) electrons. The number of nitrogens with one attached hydrogen (secondary N) is 1. The van der Waals surface area contributed by atoms with Crippen molar-refractivity contribution in [2.75, 3.05) is 31.1 Å². The molecule has 1 aromatic heterocycles. The molecule has 1 spiro atoms. The van der Waals surface area contributed by atoms with Gasteiger partial charge in [0.05, 0.1) is 11.1 Å². The van der Waals surface area contributed by atoms with Crippen LogP contribution in [0.5, 0.6) is 0 Å². The van der Waals surface area contributed by atoms with Crippen LogP contribution < -0.4 is 10.2 Å². The van der Waals surface area contributed by atoms with Crippen molar-refractivity contribution in [1.82, 2.24) is 10.3 Å². The molecule has 0 saturated carbocycles. The fourth-order valence-electron chi connectivity index (χ4n) is 3.56. The lowest BCUT2D eigenvalue weighted by Gasteiger charge is -2.34. The van der Waals surface area contributed by atoms with Gasteiger partial charge in [-0.25, -0.2) is 0 Å². The predicted molar refractivity (Wildman–Crippen MR) is 85.3 cm³/mol. The van der Waals surface area contributed by atoms with Gasteiger partial charge in [0.2, 0.25) is 5.91 Å². The zero-order valence-corrected chi connectivity index (χ0v) is 13.3. The van der Waals surface area contributed by atoms with E-state index in [0.29, 0.717) is 37.1 Å². The van der Waals surface area contributed by atoms with Crippen LogP contribution in [0.15, 0.2) is 30.5 Å². The lowest BCUT2D eigenvalue weighted by atomic mass is 10.0. The topological polar surface area (TPSA) is 54.5 Å². The molecule has 5 nitrogen and oxygen atoms in total. The first-order valence-electron chi connectivity index (χ1n) is 7.99. The van der Waals surface area contributed by atoms with Crippen molar-refractivity contribution in [1.29, 1.82) is 0 Å². The SMILES string of the molecule is O=C1COC2(CCN(c3ccnc4c(C(F)(F)F)cccc34)C2)CN1. The van der Waals surface area contributed by atoms with E-state index >= 15 is 0 Å². The number of hydrogen-bond donors (Lipinski definition) is 1. The van der Waals surface area contributed by atoms with E-state index in [-0.39, 0.29) is 18.0 Å². The number of hydrogen-bond acceptors (Lipinski definition) is 4. The molecular formula is C17H16F3N3O2. The molecule has 0 aliphatic carbocycles. The van der Waals surface area contributed by atoms with Gasteiger partial charge in [0.1, 0.15) is 12.2 Å². The number of fused-ring (bicyclic) bond motifs is 1. The van der Waals surface area contributed by atoms with Crippen molar-refractivity contribution in [3.8, 4) is 0 Å². The summed E-state index contributed by atoms with van der Waals surface area (Å²) >= 11 is 0. The summed E-state index contributed by atoms with van der Waals surface area (Å²) in [7, 11) is 0. The molecule has 1 atom stereocenters. The largest absolute Gasteiger partial charge is 0.418 e.